The quantitative estimate of drug-likeness (QED) is 0.842. The van der Waals surface area contributed by atoms with Crippen LogP contribution in [-0.4, -0.2) is 30.2 Å². The zero-order valence-corrected chi connectivity index (χ0v) is 9.63. The standard InChI is InChI=1S/C13H17F2NO/c14-13(15,9-17)8-16-12-6-5-10-3-1-2-4-11(10)7-12/h1-4,12,16-17H,5-9H2. The molecule has 17 heavy (non-hydrogen) atoms. The fourth-order valence-corrected chi connectivity index (χ4v) is 2.22. The minimum Gasteiger partial charge on any atom is -0.390 e. The summed E-state index contributed by atoms with van der Waals surface area (Å²) in [7, 11) is 0. The molecule has 1 unspecified atom stereocenters. The van der Waals surface area contributed by atoms with E-state index in [1.165, 1.54) is 11.1 Å². The number of benzene rings is 1. The SMILES string of the molecule is OCC(F)(F)CNC1CCc2ccccc2C1. The summed E-state index contributed by atoms with van der Waals surface area (Å²) in [6.07, 6.45) is 2.59. The maximum absolute atomic E-state index is 12.9. The summed E-state index contributed by atoms with van der Waals surface area (Å²) in [6.45, 7) is -1.54. The molecule has 0 aliphatic heterocycles. The van der Waals surface area contributed by atoms with E-state index < -0.39 is 19.1 Å². The molecule has 0 saturated carbocycles. The van der Waals surface area contributed by atoms with E-state index in [1.807, 2.05) is 18.2 Å². The van der Waals surface area contributed by atoms with Crippen molar-refractivity contribution in [2.24, 2.45) is 0 Å². The fraction of sp³-hybridized carbons (Fsp3) is 0.538. The van der Waals surface area contributed by atoms with Crippen LogP contribution >= 0.6 is 0 Å². The number of rotatable bonds is 4. The number of aliphatic hydroxyl groups excluding tert-OH is 1. The lowest BCUT2D eigenvalue weighted by Gasteiger charge is -2.27. The van der Waals surface area contributed by atoms with Gasteiger partial charge in [-0.2, -0.15) is 0 Å². The first-order valence-electron chi connectivity index (χ1n) is 5.89. The number of alkyl halides is 2. The Morgan fingerprint density at radius 1 is 1.29 bits per heavy atom. The molecular formula is C13H17F2NO. The van der Waals surface area contributed by atoms with E-state index in [0.717, 1.165) is 19.3 Å². The monoisotopic (exact) mass is 241 g/mol. The van der Waals surface area contributed by atoms with E-state index in [2.05, 4.69) is 11.4 Å². The van der Waals surface area contributed by atoms with Gasteiger partial charge in [0, 0.05) is 6.04 Å². The first-order valence-corrected chi connectivity index (χ1v) is 5.89. The third-order valence-electron chi connectivity index (χ3n) is 3.23. The predicted molar refractivity (Wildman–Crippen MR) is 62.3 cm³/mol. The zero-order valence-electron chi connectivity index (χ0n) is 9.63. The predicted octanol–water partition coefficient (Wildman–Crippen LogP) is 1.76. The van der Waals surface area contributed by atoms with Crippen molar-refractivity contribution in [3.05, 3.63) is 35.4 Å². The van der Waals surface area contributed by atoms with Crippen LogP contribution in [0, 0.1) is 0 Å². The van der Waals surface area contributed by atoms with Gasteiger partial charge in [-0.3, -0.25) is 0 Å². The third kappa shape index (κ3) is 3.23. The Morgan fingerprint density at radius 3 is 2.71 bits per heavy atom. The minimum atomic E-state index is -3.02. The van der Waals surface area contributed by atoms with Gasteiger partial charge in [0.15, 0.2) is 0 Å². The van der Waals surface area contributed by atoms with Crippen molar-refractivity contribution in [3.8, 4) is 0 Å². The van der Waals surface area contributed by atoms with Crippen molar-refractivity contribution >= 4 is 0 Å². The van der Waals surface area contributed by atoms with Crippen LogP contribution in [0.15, 0.2) is 24.3 Å². The van der Waals surface area contributed by atoms with Crippen molar-refractivity contribution in [3.63, 3.8) is 0 Å². The van der Waals surface area contributed by atoms with Gasteiger partial charge in [0.25, 0.3) is 5.92 Å². The van der Waals surface area contributed by atoms with Gasteiger partial charge in [-0.1, -0.05) is 24.3 Å². The summed E-state index contributed by atoms with van der Waals surface area (Å²) in [4.78, 5) is 0. The number of hydrogen-bond donors (Lipinski definition) is 2. The summed E-state index contributed by atoms with van der Waals surface area (Å²) < 4.78 is 25.8. The van der Waals surface area contributed by atoms with Gasteiger partial charge in [0.2, 0.25) is 0 Å². The second-order valence-corrected chi connectivity index (χ2v) is 4.60. The number of halogens is 2. The fourth-order valence-electron chi connectivity index (χ4n) is 2.22. The summed E-state index contributed by atoms with van der Waals surface area (Å²) >= 11 is 0. The average Bonchev–Trinajstić information content (AvgIpc) is 2.36. The van der Waals surface area contributed by atoms with E-state index in [4.69, 9.17) is 5.11 Å². The summed E-state index contributed by atoms with van der Waals surface area (Å²) in [5.74, 6) is -3.02. The number of aryl methyl sites for hydroxylation is 1. The van der Waals surface area contributed by atoms with Crippen LogP contribution in [0.3, 0.4) is 0 Å². The molecule has 1 aromatic carbocycles. The molecule has 0 aromatic heterocycles. The maximum atomic E-state index is 12.9. The van der Waals surface area contributed by atoms with Crippen LogP contribution in [0.4, 0.5) is 8.78 Å². The van der Waals surface area contributed by atoms with Crippen molar-refractivity contribution in [1.29, 1.82) is 0 Å². The second kappa shape index (κ2) is 5.10. The highest BCUT2D eigenvalue weighted by atomic mass is 19.3. The molecule has 94 valence electrons. The lowest BCUT2D eigenvalue weighted by molar-refractivity contribution is -0.0495. The first-order chi connectivity index (χ1) is 8.11. The Bertz CT molecular complexity index is 381. The smallest absolute Gasteiger partial charge is 0.282 e. The van der Waals surface area contributed by atoms with Gasteiger partial charge >= 0.3 is 0 Å². The molecule has 2 nitrogen and oxygen atoms in total. The molecule has 2 rings (SSSR count). The molecule has 1 aliphatic rings. The zero-order chi connectivity index (χ0) is 12.3. The molecule has 4 heteroatoms. The van der Waals surface area contributed by atoms with Crippen LogP contribution in [0.5, 0.6) is 0 Å². The number of aliphatic hydroxyl groups is 1. The van der Waals surface area contributed by atoms with Crippen molar-refractivity contribution in [1.82, 2.24) is 5.32 Å². The Hall–Kier alpha value is -1.00. The molecule has 0 bridgehead atoms. The molecule has 1 atom stereocenters. The maximum Gasteiger partial charge on any atom is 0.282 e. The Balaban J connectivity index is 1.90. The molecule has 2 N–H and O–H groups in total. The van der Waals surface area contributed by atoms with E-state index in [0.29, 0.717) is 0 Å². The first kappa shape index (κ1) is 12.5. The van der Waals surface area contributed by atoms with E-state index in [1.54, 1.807) is 0 Å². The Kier molecular flexibility index (Phi) is 3.74. The summed E-state index contributed by atoms with van der Waals surface area (Å²) in [5, 5.41) is 11.3. The van der Waals surface area contributed by atoms with Crippen molar-refractivity contribution < 1.29 is 13.9 Å². The Labute approximate surface area is 99.7 Å². The minimum absolute atomic E-state index is 0.0855. The van der Waals surface area contributed by atoms with Crippen LogP contribution in [0.1, 0.15) is 17.5 Å². The highest BCUT2D eigenvalue weighted by Gasteiger charge is 2.29. The van der Waals surface area contributed by atoms with Crippen LogP contribution in [0.2, 0.25) is 0 Å². The molecule has 0 heterocycles. The molecule has 0 saturated heterocycles. The van der Waals surface area contributed by atoms with Gasteiger partial charge in [-0.25, -0.2) is 8.78 Å². The van der Waals surface area contributed by atoms with Crippen LogP contribution < -0.4 is 5.32 Å². The van der Waals surface area contributed by atoms with Crippen LogP contribution in [0.25, 0.3) is 0 Å². The molecule has 0 fully saturated rings. The number of hydrogen-bond acceptors (Lipinski definition) is 2. The largest absolute Gasteiger partial charge is 0.390 e. The highest BCUT2D eigenvalue weighted by molar-refractivity contribution is 5.30. The van der Waals surface area contributed by atoms with Crippen LogP contribution in [-0.2, 0) is 12.8 Å². The molecule has 0 amide bonds. The molecule has 1 aromatic rings. The summed E-state index contributed by atoms with van der Waals surface area (Å²) in [5.41, 5.74) is 2.56. The number of nitrogens with one attached hydrogen (secondary N) is 1. The summed E-state index contributed by atoms with van der Waals surface area (Å²) in [6, 6.07) is 8.21. The second-order valence-electron chi connectivity index (χ2n) is 4.60. The topological polar surface area (TPSA) is 32.3 Å². The van der Waals surface area contributed by atoms with Crippen molar-refractivity contribution in [2.45, 2.75) is 31.2 Å². The molecule has 0 radical (unpaired) electrons. The Morgan fingerprint density at radius 2 is 2.00 bits per heavy atom. The molecular weight excluding hydrogens is 224 g/mol. The number of fused-ring (bicyclic) bond motifs is 1. The van der Waals surface area contributed by atoms with E-state index in [-0.39, 0.29) is 6.04 Å². The van der Waals surface area contributed by atoms with E-state index in [9.17, 15) is 8.78 Å². The van der Waals surface area contributed by atoms with Crippen molar-refractivity contribution in [2.75, 3.05) is 13.2 Å². The normalized spacial score (nSPS) is 20.1. The molecule has 1 aliphatic carbocycles. The van der Waals surface area contributed by atoms with Gasteiger partial charge in [0.1, 0.15) is 6.61 Å². The van der Waals surface area contributed by atoms with Gasteiger partial charge in [-0.05, 0) is 30.4 Å². The average molecular weight is 241 g/mol. The molecule has 0 spiro atoms. The highest BCUT2D eigenvalue weighted by Crippen LogP contribution is 2.21. The van der Waals surface area contributed by atoms with Gasteiger partial charge in [-0.15, -0.1) is 0 Å². The van der Waals surface area contributed by atoms with Gasteiger partial charge in [0.05, 0.1) is 6.54 Å². The third-order valence-corrected chi connectivity index (χ3v) is 3.23. The van der Waals surface area contributed by atoms with E-state index >= 15 is 0 Å². The lowest BCUT2D eigenvalue weighted by Crippen LogP contribution is -2.43. The lowest BCUT2D eigenvalue weighted by atomic mass is 9.88. The van der Waals surface area contributed by atoms with Gasteiger partial charge < -0.3 is 10.4 Å².